The lowest BCUT2D eigenvalue weighted by molar-refractivity contribution is 0.150. The van der Waals surface area contributed by atoms with E-state index in [1.807, 2.05) is 30.3 Å². The molecular formula is C13H11F2NO. The van der Waals surface area contributed by atoms with Crippen molar-refractivity contribution in [2.45, 2.75) is 13.0 Å². The highest BCUT2D eigenvalue weighted by molar-refractivity contribution is 5.25. The number of alkyl halides is 2. The van der Waals surface area contributed by atoms with E-state index in [1.54, 1.807) is 0 Å². The number of rotatable bonds is 4. The molecule has 2 nitrogen and oxygen atoms in total. The van der Waals surface area contributed by atoms with Crippen LogP contribution in [0.2, 0.25) is 0 Å². The maximum Gasteiger partial charge on any atom is 0.265 e. The first-order valence-corrected chi connectivity index (χ1v) is 5.15. The third-order valence-corrected chi connectivity index (χ3v) is 2.23. The van der Waals surface area contributed by atoms with Crippen LogP contribution < -0.4 is 4.74 Å². The molecule has 0 amide bonds. The summed E-state index contributed by atoms with van der Waals surface area (Å²) in [6.07, 6.45) is 0.0391. The smallest absolute Gasteiger partial charge is 0.265 e. The molecule has 2 aromatic rings. The highest BCUT2D eigenvalue weighted by Crippen LogP contribution is 2.22. The number of nitrogens with zero attached hydrogens (tertiary/aromatic N) is 1. The van der Waals surface area contributed by atoms with Crippen molar-refractivity contribution in [2.24, 2.45) is 0 Å². The SMILES string of the molecule is FC(F)c1cncc(OCc2ccccc2)c1. The molecular weight excluding hydrogens is 224 g/mol. The molecule has 0 saturated carbocycles. The monoisotopic (exact) mass is 235 g/mol. The van der Waals surface area contributed by atoms with E-state index < -0.39 is 6.43 Å². The highest BCUT2D eigenvalue weighted by atomic mass is 19.3. The van der Waals surface area contributed by atoms with Crippen molar-refractivity contribution < 1.29 is 13.5 Å². The first kappa shape index (κ1) is 11.5. The summed E-state index contributed by atoms with van der Waals surface area (Å²) < 4.78 is 30.2. The largest absolute Gasteiger partial charge is 0.487 e. The molecule has 0 unspecified atom stereocenters. The van der Waals surface area contributed by atoms with Gasteiger partial charge in [-0.25, -0.2) is 8.78 Å². The van der Waals surface area contributed by atoms with Crippen LogP contribution >= 0.6 is 0 Å². The highest BCUT2D eigenvalue weighted by Gasteiger charge is 2.08. The van der Waals surface area contributed by atoms with E-state index in [4.69, 9.17) is 4.74 Å². The Morgan fingerprint density at radius 3 is 2.59 bits per heavy atom. The van der Waals surface area contributed by atoms with Gasteiger partial charge in [0.1, 0.15) is 12.4 Å². The Bertz CT molecular complexity index is 474. The van der Waals surface area contributed by atoms with Crippen LogP contribution in [-0.2, 0) is 6.61 Å². The van der Waals surface area contributed by atoms with E-state index in [0.29, 0.717) is 12.4 Å². The van der Waals surface area contributed by atoms with Gasteiger partial charge in [0.05, 0.1) is 6.20 Å². The minimum absolute atomic E-state index is 0.129. The topological polar surface area (TPSA) is 22.1 Å². The lowest BCUT2D eigenvalue weighted by Gasteiger charge is -2.07. The van der Waals surface area contributed by atoms with Gasteiger partial charge in [-0.05, 0) is 11.6 Å². The number of hydrogen-bond acceptors (Lipinski definition) is 2. The predicted molar refractivity (Wildman–Crippen MR) is 60.0 cm³/mol. The average molecular weight is 235 g/mol. The lowest BCUT2D eigenvalue weighted by Crippen LogP contribution is -1.96. The van der Waals surface area contributed by atoms with Crippen LogP contribution in [0.1, 0.15) is 17.6 Å². The summed E-state index contributed by atoms with van der Waals surface area (Å²) >= 11 is 0. The van der Waals surface area contributed by atoms with Crippen molar-refractivity contribution in [3.8, 4) is 5.75 Å². The second-order valence-electron chi connectivity index (χ2n) is 3.53. The Labute approximate surface area is 97.9 Å². The van der Waals surface area contributed by atoms with E-state index >= 15 is 0 Å². The van der Waals surface area contributed by atoms with E-state index in [9.17, 15) is 8.78 Å². The Balaban J connectivity index is 2.02. The van der Waals surface area contributed by atoms with Crippen LogP contribution in [0.3, 0.4) is 0 Å². The number of halogens is 2. The van der Waals surface area contributed by atoms with Gasteiger partial charge in [0.25, 0.3) is 6.43 Å². The molecule has 1 heterocycles. The maximum atomic E-state index is 12.4. The molecule has 17 heavy (non-hydrogen) atoms. The fraction of sp³-hybridized carbons (Fsp3) is 0.154. The van der Waals surface area contributed by atoms with Crippen molar-refractivity contribution >= 4 is 0 Å². The molecule has 0 aliphatic carbocycles. The van der Waals surface area contributed by atoms with Crippen LogP contribution in [0.5, 0.6) is 5.75 Å². The van der Waals surface area contributed by atoms with Crippen molar-refractivity contribution in [3.05, 3.63) is 59.9 Å². The molecule has 0 spiro atoms. The van der Waals surface area contributed by atoms with Gasteiger partial charge in [0, 0.05) is 11.8 Å². The van der Waals surface area contributed by atoms with Crippen LogP contribution in [0, 0.1) is 0 Å². The molecule has 0 atom stereocenters. The fourth-order valence-electron chi connectivity index (χ4n) is 1.37. The van der Waals surface area contributed by atoms with Gasteiger partial charge in [-0.1, -0.05) is 30.3 Å². The third kappa shape index (κ3) is 3.24. The van der Waals surface area contributed by atoms with E-state index in [-0.39, 0.29) is 5.56 Å². The molecule has 0 saturated heterocycles. The molecule has 0 N–H and O–H groups in total. The lowest BCUT2D eigenvalue weighted by atomic mass is 10.2. The van der Waals surface area contributed by atoms with Crippen molar-refractivity contribution in [3.63, 3.8) is 0 Å². The van der Waals surface area contributed by atoms with Crippen LogP contribution in [0.15, 0.2) is 48.8 Å². The van der Waals surface area contributed by atoms with Crippen molar-refractivity contribution in [1.82, 2.24) is 4.98 Å². The Morgan fingerprint density at radius 1 is 1.12 bits per heavy atom. The third-order valence-electron chi connectivity index (χ3n) is 2.23. The van der Waals surface area contributed by atoms with Crippen molar-refractivity contribution in [2.75, 3.05) is 0 Å². The van der Waals surface area contributed by atoms with Crippen LogP contribution in [0.25, 0.3) is 0 Å². The number of hydrogen-bond donors (Lipinski definition) is 0. The number of ether oxygens (including phenoxy) is 1. The predicted octanol–water partition coefficient (Wildman–Crippen LogP) is 3.60. The molecule has 88 valence electrons. The number of benzene rings is 1. The maximum absolute atomic E-state index is 12.4. The molecule has 0 fully saturated rings. The van der Waals surface area contributed by atoms with Crippen LogP contribution in [0.4, 0.5) is 8.78 Å². The standard InChI is InChI=1S/C13H11F2NO/c14-13(15)11-6-12(8-16-7-11)17-9-10-4-2-1-3-5-10/h1-8,13H,9H2. The summed E-state index contributed by atoms with van der Waals surface area (Å²) in [4.78, 5) is 3.71. The molecule has 0 aliphatic rings. The molecule has 4 heteroatoms. The Morgan fingerprint density at radius 2 is 1.88 bits per heavy atom. The van der Waals surface area contributed by atoms with E-state index in [1.165, 1.54) is 12.3 Å². The first-order chi connectivity index (χ1) is 8.25. The summed E-state index contributed by atoms with van der Waals surface area (Å²) in [6, 6.07) is 10.8. The average Bonchev–Trinajstić information content (AvgIpc) is 2.38. The zero-order chi connectivity index (χ0) is 12.1. The van der Waals surface area contributed by atoms with Gasteiger partial charge in [-0.3, -0.25) is 4.98 Å². The fourth-order valence-corrected chi connectivity index (χ4v) is 1.37. The van der Waals surface area contributed by atoms with Gasteiger partial charge in [-0.15, -0.1) is 0 Å². The summed E-state index contributed by atoms with van der Waals surface area (Å²) in [5.41, 5.74) is 0.852. The van der Waals surface area contributed by atoms with Crippen LogP contribution in [-0.4, -0.2) is 4.98 Å². The normalized spacial score (nSPS) is 10.5. The van der Waals surface area contributed by atoms with Gasteiger partial charge >= 0.3 is 0 Å². The van der Waals surface area contributed by atoms with Gasteiger partial charge in [0.15, 0.2) is 0 Å². The van der Waals surface area contributed by atoms with Gasteiger partial charge in [-0.2, -0.15) is 0 Å². The molecule has 0 bridgehead atoms. The second kappa shape index (κ2) is 5.39. The Hall–Kier alpha value is -1.97. The van der Waals surface area contributed by atoms with E-state index in [2.05, 4.69) is 4.98 Å². The summed E-state index contributed by atoms with van der Waals surface area (Å²) in [5, 5.41) is 0. The summed E-state index contributed by atoms with van der Waals surface area (Å²) in [7, 11) is 0. The van der Waals surface area contributed by atoms with Crippen molar-refractivity contribution in [1.29, 1.82) is 0 Å². The second-order valence-corrected chi connectivity index (χ2v) is 3.53. The zero-order valence-electron chi connectivity index (χ0n) is 9.01. The summed E-state index contributed by atoms with van der Waals surface area (Å²) in [5.74, 6) is 0.353. The minimum Gasteiger partial charge on any atom is -0.487 e. The minimum atomic E-state index is -2.53. The molecule has 2 rings (SSSR count). The molecule has 1 aromatic heterocycles. The number of pyridine rings is 1. The first-order valence-electron chi connectivity index (χ1n) is 5.15. The molecule has 1 aromatic carbocycles. The molecule has 0 aliphatic heterocycles. The number of aromatic nitrogens is 1. The van der Waals surface area contributed by atoms with E-state index in [0.717, 1.165) is 11.8 Å². The molecule has 0 radical (unpaired) electrons. The summed E-state index contributed by atoms with van der Waals surface area (Å²) in [6.45, 7) is 0.342. The van der Waals surface area contributed by atoms with Gasteiger partial charge < -0.3 is 4.74 Å². The van der Waals surface area contributed by atoms with Gasteiger partial charge in [0.2, 0.25) is 0 Å². The quantitative estimate of drug-likeness (QED) is 0.807. The zero-order valence-corrected chi connectivity index (χ0v) is 9.01. The Kier molecular flexibility index (Phi) is 3.65.